The minimum atomic E-state index is -0.245. The standard InChI is InChI=1S/C20H21ClN4O3/c21-15-5-3-14(4-6-15)19-23-18(28-24-19)9-10-22-20(26)17-8-7-16(27-17)13-25-11-1-2-12-25/h3-8H,1-2,9-13H2,(H,22,26). The van der Waals surface area contributed by atoms with Gasteiger partial charge in [0.2, 0.25) is 11.7 Å². The second kappa shape index (κ2) is 8.58. The number of amides is 1. The van der Waals surface area contributed by atoms with Crippen molar-refractivity contribution in [3.8, 4) is 11.4 Å². The van der Waals surface area contributed by atoms with Crippen molar-refractivity contribution in [3.63, 3.8) is 0 Å². The fourth-order valence-corrected chi connectivity index (χ4v) is 3.31. The molecular weight excluding hydrogens is 380 g/mol. The van der Waals surface area contributed by atoms with Crippen molar-refractivity contribution < 1.29 is 13.7 Å². The van der Waals surface area contributed by atoms with Gasteiger partial charge >= 0.3 is 0 Å². The zero-order chi connectivity index (χ0) is 19.3. The van der Waals surface area contributed by atoms with E-state index < -0.39 is 0 Å². The molecule has 0 bridgehead atoms. The van der Waals surface area contributed by atoms with Crippen LogP contribution in [0.25, 0.3) is 11.4 Å². The number of carbonyl (C=O) groups is 1. The molecule has 0 aliphatic carbocycles. The van der Waals surface area contributed by atoms with Gasteiger partial charge in [0.1, 0.15) is 5.76 Å². The molecule has 4 rings (SSSR count). The number of carbonyl (C=O) groups excluding carboxylic acids is 1. The second-order valence-electron chi connectivity index (χ2n) is 6.77. The number of likely N-dealkylation sites (tertiary alicyclic amines) is 1. The zero-order valence-electron chi connectivity index (χ0n) is 15.4. The Labute approximate surface area is 167 Å². The Hall–Kier alpha value is -2.64. The number of hydrogen-bond donors (Lipinski definition) is 1. The summed E-state index contributed by atoms with van der Waals surface area (Å²) in [5.74, 6) is 1.85. The van der Waals surface area contributed by atoms with E-state index in [1.807, 2.05) is 18.2 Å². The summed E-state index contributed by atoms with van der Waals surface area (Å²) in [4.78, 5) is 18.9. The molecule has 0 spiro atoms. The van der Waals surface area contributed by atoms with Crippen LogP contribution < -0.4 is 5.32 Å². The number of furan rings is 1. The molecule has 8 heteroatoms. The van der Waals surface area contributed by atoms with Crippen LogP contribution in [-0.2, 0) is 13.0 Å². The molecule has 3 heterocycles. The van der Waals surface area contributed by atoms with E-state index in [-0.39, 0.29) is 5.91 Å². The van der Waals surface area contributed by atoms with Crippen LogP contribution in [0.2, 0.25) is 5.02 Å². The zero-order valence-corrected chi connectivity index (χ0v) is 16.1. The van der Waals surface area contributed by atoms with Gasteiger partial charge in [0.05, 0.1) is 6.54 Å². The van der Waals surface area contributed by atoms with Crippen molar-refractivity contribution in [2.75, 3.05) is 19.6 Å². The van der Waals surface area contributed by atoms with E-state index in [9.17, 15) is 4.79 Å². The lowest BCUT2D eigenvalue weighted by molar-refractivity contribution is 0.0922. The maximum atomic E-state index is 12.2. The van der Waals surface area contributed by atoms with Crippen LogP contribution in [0.5, 0.6) is 0 Å². The summed E-state index contributed by atoms with van der Waals surface area (Å²) in [5.41, 5.74) is 0.824. The van der Waals surface area contributed by atoms with E-state index in [0.717, 1.165) is 31.0 Å². The van der Waals surface area contributed by atoms with Crippen molar-refractivity contribution in [3.05, 3.63) is 58.8 Å². The van der Waals surface area contributed by atoms with Gasteiger partial charge < -0.3 is 14.3 Å². The fraction of sp³-hybridized carbons (Fsp3) is 0.350. The number of hydrogen-bond acceptors (Lipinski definition) is 6. The average molecular weight is 401 g/mol. The second-order valence-corrected chi connectivity index (χ2v) is 7.21. The SMILES string of the molecule is O=C(NCCc1nc(-c2ccc(Cl)cc2)no1)c1ccc(CN2CCCC2)o1. The maximum absolute atomic E-state index is 12.2. The first kappa shape index (κ1) is 18.7. The van der Waals surface area contributed by atoms with Gasteiger partial charge in [-0.1, -0.05) is 16.8 Å². The molecule has 1 N–H and O–H groups in total. The molecule has 1 fully saturated rings. The molecule has 1 aromatic carbocycles. The van der Waals surface area contributed by atoms with Gasteiger partial charge in [-0.15, -0.1) is 0 Å². The molecule has 2 aromatic heterocycles. The lowest BCUT2D eigenvalue weighted by atomic mass is 10.2. The summed E-state index contributed by atoms with van der Waals surface area (Å²) in [6.07, 6.45) is 2.89. The molecule has 0 unspecified atom stereocenters. The molecule has 1 aliphatic heterocycles. The highest BCUT2D eigenvalue weighted by Gasteiger charge is 2.16. The Balaban J connectivity index is 1.26. The Morgan fingerprint density at radius 2 is 1.93 bits per heavy atom. The third-order valence-corrected chi connectivity index (χ3v) is 4.91. The van der Waals surface area contributed by atoms with Crippen LogP contribution in [-0.4, -0.2) is 40.6 Å². The molecular formula is C20H21ClN4O3. The van der Waals surface area contributed by atoms with Crippen LogP contribution in [0, 0.1) is 0 Å². The Kier molecular flexibility index (Phi) is 5.73. The molecule has 1 saturated heterocycles. The summed E-state index contributed by atoms with van der Waals surface area (Å²) in [6.45, 7) is 3.31. The van der Waals surface area contributed by atoms with Crippen LogP contribution in [0.4, 0.5) is 0 Å². The average Bonchev–Trinajstić information content (AvgIpc) is 3.45. The highest BCUT2D eigenvalue weighted by atomic mass is 35.5. The predicted molar refractivity (Wildman–Crippen MR) is 104 cm³/mol. The summed E-state index contributed by atoms with van der Waals surface area (Å²) in [7, 11) is 0. The number of nitrogens with zero attached hydrogens (tertiary/aromatic N) is 3. The molecule has 3 aromatic rings. The minimum Gasteiger partial charge on any atom is -0.455 e. The van der Waals surface area contributed by atoms with Gasteiger partial charge in [0.25, 0.3) is 5.91 Å². The molecule has 28 heavy (non-hydrogen) atoms. The fourth-order valence-electron chi connectivity index (χ4n) is 3.19. The first-order valence-corrected chi connectivity index (χ1v) is 9.73. The Bertz CT molecular complexity index is 929. The lowest BCUT2D eigenvalue weighted by Gasteiger charge is -2.11. The topological polar surface area (TPSA) is 84.4 Å². The van der Waals surface area contributed by atoms with Gasteiger partial charge in [-0.25, -0.2) is 0 Å². The first-order valence-electron chi connectivity index (χ1n) is 9.35. The molecule has 0 radical (unpaired) electrons. The Morgan fingerprint density at radius 3 is 2.71 bits per heavy atom. The van der Waals surface area contributed by atoms with Crippen molar-refractivity contribution in [1.82, 2.24) is 20.4 Å². The van der Waals surface area contributed by atoms with Crippen molar-refractivity contribution in [1.29, 1.82) is 0 Å². The highest BCUT2D eigenvalue weighted by Crippen LogP contribution is 2.19. The summed E-state index contributed by atoms with van der Waals surface area (Å²) in [6, 6.07) is 10.8. The number of rotatable bonds is 7. The largest absolute Gasteiger partial charge is 0.455 e. The minimum absolute atomic E-state index is 0.245. The quantitative estimate of drug-likeness (QED) is 0.652. The van der Waals surface area contributed by atoms with Crippen molar-refractivity contribution in [2.45, 2.75) is 25.8 Å². The first-order chi connectivity index (χ1) is 13.7. The van der Waals surface area contributed by atoms with Crippen LogP contribution in [0.1, 0.15) is 35.0 Å². The third-order valence-electron chi connectivity index (χ3n) is 4.66. The van der Waals surface area contributed by atoms with Crippen LogP contribution >= 0.6 is 11.6 Å². The van der Waals surface area contributed by atoms with E-state index in [2.05, 4.69) is 20.4 Å². The smallest absolute Gasteiger partial charge is 0.287 e. The third kappa shape index (κ3) is 4.61. The number of aromatic nitrogens is 2. The van der Waals surface area contributed by atoms with E-state index >= 15 is 0 Å². The van der Waals surface area contributed by atoms with Crippen molar-refractivity contribution >= 4 is 17.5 Å². The van der Waals surface area contributed by atoms with Crippen molar-refractivity contribution in [2.24, 2.45) is 0 Å². The van der Waals surface area contributed by atoms with Gasteiger partial charge in [0.15, 0.2) is 5.76 Å². The van der Waals surface area contributed by atoms with Gasteiger partial charge in [-0.05, 0) is 62.3 Å². The van der Waals surface area contributed by atoms with Crippen LogP contribution in [0.3, 0.4) is 0 Å². The summed E-state index contributed by atoms with van der Waals surface area (Å²) >= 11 is 5.88. The summed E-state index contributed by atoms with van der Waals surface area (Å²) < 4.78 is 10.9. The number of halogens is 1. The summed E-state index contributed by atoms with van der Waals surface area (Å²) in [5, 5.41) is 7.43. The highest BCUT2D eigenvalue weighted by molar-refractivity contribution is 6.30. The van der Waals surface area contributed by atoms with Gasteiger partial charge in [0, 0.05) is 23.6 Å². The predicted octanol–water partition coefficient (Wildman–Crippen LogP) is 3.55. The molecule has 1 amide bonds. The number of nitrogens with one attached hydrogen (secondary N) is 1. The van der Waals surface area contributed by atoms with E-state index in [1.54, 1.807) is 18.2 Å². The molecule has 1 aliphatic rings. The number of benzene rings is 1. The maximum Gasteiger partial charge on any atom is 0.287 e. The van der Waals surface area contributed by atoms with E-state index in [0.29, 0.717) is 35.5 Å². The monoisotopic (exact) mass is 400 g/mol. The van der Waals surface area contributed by atoms with Crippen LogP contribution in [0.15, 0.2) is 45.3 Å². The van der Waals surface area contributed by atoms with Gasteiger partial charge in [-0.3, -0.25) is 9.69 Å². The lowest BCUT2D eigenvalue weighted by Crippen LogP contribution is -2.25. The normalized spacial score (nSPS) is 14.5. The van der Waals surface area contributed by atoms with E-state index in [1.165, 1.54) is 12.8 Å². The molecule has 146 valence electrons. The van der Waals surface area contributed by atoms with Gasteiger partial charge in [-0.2, -0.15) is 4.98 Å². The Morgan fingerprint density at radius 1 is 1.14 bits per heavy atom. The molecule has 0 atom stereocenters. The van der Waals surface area contributed by atoms with E-state index in [4.69, 9.17) is 20.5 Å². The molecule has 0 saturated carbocycles. The molecule has 7 nitrogen and oxygen atoms in total.